The minimum Gasteiger partial charge on any atom is -0.192 e. The van der Waals surface area contributed by atoms with E-state index in [1.165, 1.54) is 0 Å². The predicted octanol–water partition coefficient (Wildman–Crippen LogP) is 9.37. The monoisotopic (exact) mass is 704 g/mol. The van der Waals surface area contributed by atoms with Crippen LogP contribution in [0.25, 0.3) is 0 Å². The van der Waals surface area contributed by atoms with Crippen LogP contribution in [0.5, 0.6) is 0 Å². The molecule has 0 amide bonds. The van der Waals surface area contributed by atoms with E-state index in [9.17, 15) is 119 Å². The Labute approximate surface area is 208 Å². The summed E-state index contributed by atoms with van der Waals surface area (Å²) < 4.78 is 351. The molecule has 0 radical (unpaired) electrons. The summed E-state index contributed by atoms with van der Waals surface area (Å²) in [4.78, 5) is 0. The van der Waals surface area contributed by atoms with Crippen molar-refractivity contribution >= 4 is 11.6 Å². The summed E-state index contributed by atoms with van der Waals surface area (Å²) in [5.41, 5.74) is 0. The maximum atomic E-state index is 13.5. The summed E-state index contributed by atoms with van der Waals surface area (Å²) >= 11 is 3.17. The molecule has 0 aromatic carbocycles. The van der Waals surface area contributed by atoms with E-state index in [1.54, 1.807) is 0 Å². The molecule has 0 saturated carbocycles. The molecule has 0 aliphatic carbocycles. The molecule has 0 aromatic rings. The van der Waals surface area contributed by atoms with Crippen LogP contribution in [0.2, 0.25) is 0 Å². The van der Waals surface area contributed by atoms with Gasteiger partial charge in [0.05, 0.1) is 0 Å². The quantitative estimate of drug-likeness (QED) is 0.149. The summed E-state index contributed by atoms with van der Waals surface area (Å²) in [6.07, 6.45) is -8.23. The third-order valence-corrected chi connectivity index (χ3v) is 4.89. The normalized spacial score (nSPS) is 17.3. The fourth-order valence-corrected chi connectivity index (χ4v) is 2.25. The Kier molecular flexibility index (Phi) is 8.84. The summed E-state index contributed by atoms with van der Waals surface area (Å²) in [5.74, 6) is -102. The molecular weight excluding hydrogens is 705 g/mol. The fourth-order valence-electron chi connectivity index (χ4n) is 2.13. The molecule has 0 saturated heterocycles. The highest BCUT2D eigenvalue weighted by Crippen LogP contribution is 2.68. The van der Waals surface area contributed by atoms with Crippen molar-refractivity contribution in [2.75, 3.05) is 0 Å². The first-order chi connectivity index (χ1) is 17.0. The van der Waals surface area contributed by atoms with Crippen molar-refractivity contribution in [3.8, 4) is 0 Å². The number of hydrogen-bond donors (Lipinski definition) is 0. The van der Waals surface area contributed by atoms with E-state index in [4.69, 9.17) is 0 Å². The van der Waals surface area contributed by atoms with Gasteiger partial charge in [-0.05, 0) is 11.6 Å². The Hall–Kier alpha value is -1.60. The van der Waals surface area contributed by atoms with Gasteiger partial charge in [0.15, 0.2) is 0 Å². The molecule has 248 valence electrons. The van der Waals surface area contributed by atoms with Crippen LogP contribution >= 0.6 is 11.6 Å². The first-order valence-electron chi connectivity index (χ1n) is 8.29. The Morgan fingerprint density at radius 3 is 0.439 bits per heavy atom. The van der Waals surface area contributed by atoms with Crippen LogP contribution in [0, 0.1) is 0 Å². The highest BCUT2D eigenvalue weighted by atomic mass is 35.5. The highest BCUT2D eigenvalue weighted by molar-refractivity contribution is 6.22. The van der Waals surface area contributed by atoms with Crippen molar-refractivity contribution in [3.05, 3.63) is 0 Å². The molecule has 41 heavy (non-hydrogen) atoms. The van der Waals surface area contributed by atoms with Crippen molar-refractivity contribution in [2.45, 2.75) is 76.7 Å². The van der Waals surface area contributed by atoms with Gasteiger partial charge in [0, 0.05) is 0 Å². The average molecular weight is 705 g/mol. The zero-order valence-electron chi connectivity index (χ0n) is 17.1. The maximum absolute atomic E-state index is 13.5. The predicted molar refractivity (Wildman–Crippen MR) is 71.3 cm³/mol. The third kappa shape index (κ3) is 4.49. The molecule has 0 spiro atoms. The lowest BCUT2D eigenvalue weighted by molar-refractivity contribution is -0.483. The first kappa shape index (κ1) is 39.4. The van der Waals surface area contributed by atoms with Crippen LogP contribution in [0.1, 0.15) is 0 Å². The van der Waals surface area contributed by atoms with Gasteiger partial charge in [-0.2, -0.15) is 119 Å². The first-order valence-corrected chi connectivity index (χ1v) is 8.67. The third-order valence-electron chi connectivity index (χ3n) is 4.66. The molecule has 0 N–H and O–H groups in total. The van der Waals surface area contributed by atoms with Gasteiger partial charge in [-0.25, -0.2) is 0 Å². The summed E-state index contributed by atoms with van der Waals surface area (Å²) in [5, 5.41) is -7.28. The molecule has 0 unspecified atom stereocenters. The smallest absolute Gasteiger partial charge is 0.192 e. The largest absolute Gasteiger partial charge is 0.460 e. The van der Waals surface area contributed by atoms with Crippen molar-refractivity contribution in [3.63, 3.8) is 0 Å². The zero-order chi connectivity index (χ0) is 34.5. The van der Waals surface area contributed by atoms with Gasteiger partial charge in [-0.3, -0.25) is 0 Å². The van der Waals surface area contributed by atoms with Crippen LogP contribution in [-0.4, -0.2) is 76.7 Å². The van der Waals surface area contributed by atoms with Gasteiger partial charge in [0.1, 0.15) is 0 Å². The van der Waals surface area contributed by atoms with E-state index in [-0.39, 0.29) is 0 Å². The molecule has 0 rings (SSSR count). The summed E-state index contributed by atoms with van der Waals surface area (Å²) in [7, 11) is 0. The minimum atomic E-state index is -9.77. The fraction of sp³-hybridized carbons (Fsp3) is 1.00. The van der Waals surface area contributed by atoms with E-state index in [1.807, 2.05) is 0 Å². The Bertz CT molecular complexity index is 885. The second-order valence-corrected chi connectivity index (χ2v) is 7.79. The molecule has 28 heteroatoms. The lowest BCUT2D eigenvalue weighted by atomic mass is 9.84. The second kappa shape index (κ2) is 9.20. The summed E-state index contributed by atoms with van der Waals surface area (Å²) in [6.45, 7) is 0. The highest BCUT2D eigenvalue weighted by Gasteiger charge is 3.00. The van der Waals surface area contributed by atoms with E-state index in [0.29, 0.717) is 0 Å². The van der Waals surface area contributed by atoms with Crippen molar-refractivity contribution < 1.29 is 119 Å². The van der Waals surface area contributed by atoms with Gasteiger partial charge < -0.3 is 0 Å². The molecule has 0 nitrogen and oxygen atoms in total. The van der Waals surface area contributed by atoms with Crippen LogP contribution < -0.4 is 0 Å². The second-order valence-electron chi connectivity index (χ2n) is 7.31. The zero-order valence-corrected chi connectivity index (χ0v) is 17.8. The van der Waals surface area contributed by atoms with E-state index in [2.05, 4.69) is 11.6 Å². The van der Waals surface area contributed by atoms with E-state index >= 15 is 0 Å². The average Bonchev–Trinajstić information content (AvgIpc) is 2.70. The number of rotatable bonds is 11. The van der Waals surface area contributed by atoms with Crippen molar-refractivity contribution in [2.24, 2.45) is 0 Å². The van der Waals surface area contributed by atoms with Crippen molar-refractivity contribution in [1.29, 1.82) is 0 Å². The number of alkyl halides is 28. The number of halogens is 28. The van der Waals surface area contributed by atoms with Crippen LogP contribution in [0.4, 0.5) is 119 Å². The van der Waals surface area contributed by atoms with Crippen LogP contribution in [0.15, 0.2) is 0 Å². The van der Waals surface area contributed by atoms with Crippen LogP contribution in [0.3, 0.4) is 0 Å². The van der Waals surface area contributed by atoms with Gasteiger partial charge in [0.25, 0.3) is 0 Å². The van der Waals surface area contributed by atoms with E-state index in [0.717, 1.165) is 0 Å². The molecule has 0 fully saturated rings. The molecular formula is C13ClF27. The molecule has 0 aliphatic rings. The lowest BCUT2D eigenvalue weighted by Crippen LogP contribution is -2.78. The van der Waals surface area contributed by atoms with Gasteiger partial charge in [0.2, 0.25) is 0 Å². The Morgan fingerprint density at radius 2 is 0.317 bits per heavy atom. The molecule has 0 atom stereocenters. The maximum Gasteiger partial charge on any atom is 0.460 e. The topological polar surface area (TPSA) is 0 Å². The summed E-state index contributed by atoms with van der Waals surface area (Å²) in [6, 6.07) is 0. The van der Waals surface area contributed by atoms with Gasteiger partial charge in [-0.15, -0.1) is 0 Å². The Morgan fingerprint density at radius 1 is 0.195 bits per heavy atom. The lowest BCUT2D eigenvalue weighted by Gasteiger charge is -2.45. The number of hydrogen-bond acceptors (Lipinski definition) is 0. The van der Waals surface area contributed by atoms with Crippen LogP contribution in [-0.2, 0) is 0 Å². The minimum absolute atomic E-state index is 3.17. The van der Waals surface area contributed by atoms with Gasteiger partial charge in [-0.1, -0.05) is 0 Å². The van der Waals surface area contributed by atoms with E-state index < -0.39 is 76.7 Å². The standard InChI is InChI=1S/C13ClF27/c14-12(37,38)10(33,34)8(29,30)6(25,26)4(21,22)2(17,18)1(15,16)3(19,20)5(23,24)7(27,28)9(31,32)11(35,36)13(39,40)41. The molecule has 0 heterocycles. The molecule has 0 bridgehead atoms. The van der Waals surface area contributed by atoms with Gasteiger partial charge >= 0.3 is 76.7 Å². The Balaban J connectivity index is 7.41. The van der Waals surface area contributed by atoms with Crippen molar-refractivity contribution in [1.82, 2.24) is 0 Å². The molecule has 0 aliphatic heterocycles. The SMILES string of the molecule is FC(F)(F)C(F)(F)C(F)(F)C(F)(F)C(F)(F)C(F)(F)C(F)(F)C(F)(F)C(F)(F)C(F)(F)C(F)(F)C(F)(F)C(F)(F)Cl. The molecule has 0 aromatic heterocycles.